The van der Waals surface area contributed by atoms with Gasteiger partial charge < -0.3 is 20.5 Å². The standard InChI is InChI=1S/C27H29N7O3S/c28-24-17-2-1-8-29-18(17)12-27(24)6-10-33(11-7-27)25-19(14-35)32-21(13-31-25)38-20-5-9-30-26-23(20)37-15-16-3-4-22(36)34(16)26/h1-2,5,8-9,13,16,24,35H,3-4,6-7,10-12,14-15,28H2/t16?,24-/m1/s1. The summed E-state index contributed by atoms with van der Waals surface area (Å²) in [5, 5.41) is 10.8. The van der Waals surface area contributed by atoms with E-state index in [4.69, 9.17) is 20.4 Å². The molecule has 10 nitrogen and oxygen atoms in total. The van der Waals surface area contributed by atoms with E-state index in [0.29, 0.717) is 41.1 Å². The van der Waals surface area contributed by atoms with Crippen molar-refractivity contribution < 1.29 is 14.6 Å². The van der Waals surface area contributed by atoms with Crippen LogP contribution in [0.1, 0.15) is 48.7 Å². The fourth-order valence-electron chi connectivity index (χ4n) is 6.42. The van der Waals surface area contributed by atoms with Crippen molar-refractivity contribution in [2.24, 2.45) is 11.1 Å². The molecule has 38 heavy (non-hydrogen) atoms. The van der Waals surface area contributed by atoms with E-state index in [1.165, 1.54) is 17.3 Å². The normalized spacial score (nSPS) is 23.3. The molecular formula is C27H29N7O3S. The molecule has 3 aliphatic heterocycles. The Morgan fingerprint density at radius 3 is 2.84 bits per heavy atom. The summed E-state index contributed by atoms with van der Waals surface area (Å²) in [7, 11) is 0. The van der Waals surface area contributed by atoms with E-state index in [2.05, 4.69) is 20.9 Å². The van der Waals surface area contributed by atoms with Gasteiger partial charge in [-0.3, -0.25) is 14.7 Å². The van der Waals surface area contributed by atoms with Crippen LogP contribution in [-0.4, -0.2) is 56.7 Å². The van der Waals surface area contributed by atoms with Crippen molar-refractivity contribution in [1.82, 2.24) is 19.9 Å². The third-order valence-electron chi connectivity index (χ3n) is 8.49. The highest BCUT2D eigenvalue weighted by Crippen LogP contribution is 2.50. The van der Waals surface area contributed by atoms with Crippen LogP contribution in [-0.2, 0) is 17.8 Å². The van der Waals surface area contributed by atoms with E-state index in [-0.39, 0.29) is 30.0 Å². The lowest BCUT2D eigenvalue weighted by molar-refractivity contribution is -0.117. The summed E-state index contributed by atoms with van der Waals surface area (Å²) in [4.78, 5) is 35.7. The summed E-state index contributed by atoms with van der Waals surface area (Å²) in [6, 6.07) is 5.98. The van der Waals surface area contributed by atoms with Crippen molar-refractivity contribution in [2.75, 3.05) is 29.5 Å². The number of aromatic nitrogens is 4. The lowest BCUT2D eigenvalue weighted by atomic mass is 9.73. The molecule has 3 N–H and O–H groups in total. The molecule has 196 valence electrons. The molecule has 4 aliphatic rings. The van der Waals surface area contributed by atoms with Gasteiger partial charge in [0.15, 0.2) is 17.4 Å². The fourth-order valence-corrected chi connectivity index (χ4v) is 7.28. The van der Waals surface area contributed by atoms with Gasteiger partial charge in [0.1, 0.15) is 17.3 Å². The van der Waals surface area contributed by atoms with Gasteiger partial charge in [0.25, 0.3) is 0 Å². The Kier molecular flexibility index (Phi) is 5.75. The van der Waals surface area contributed by atoms with Gasteiger partial charge in [0.05, 0.1) is 23.7 Å². The smallest absolute Gasteiger partial charge is 0.228 e. The van der Waals surface area contributed by atoms with Crippen LogP contribution in [0.2, 0.25) is 0 Å². The van der Waals surface area contributed by atoms with E-state index in [9.17, 15) is 9.90 Å². The first-order valence-corrected chi connectivity index (χ1v) is 13.9. The Balaban J connectivity index is 1.09. The molecule has 1 spiro atoms. The number of hydrogen-bond acceptors (Lipinski definition) is 10. The van der Waals surface area contributed by atoms with Gasteiger partial charge >= 0.3 is 0 Å². The SMILES string of the molecule is N[C@@H]1c2cccnc2CC12CCN(c1ncc(Sc3ccnc4c3OCC3CCC(=O)N43)nc1CO)CC2. The minimum atomic E-state index is -0.206. The van der Waals surface area contributed by atoms with E-state index >= 15 is 0 Å². The number of carbonyl (C=O) groups is 1. The summed E-state index contributed by atoms with van der Waals surface area (Å²) in [6.45, 7) is 1.85. The Hall–Kier alpha value is -3.28. The number of hydrogen-bond donors (Lipinski definition) is 2. The van der Waals surface area contributed by atoms with Crippen molar-refractivity contribution in [3.63, 3.8) is 0 Å². The topological polar surface area (TPSA) is 131 Å². The summed E-state index contributed by atoms with van der Waals surface area (Å²) in [5.41, 5.74) is 9.57. The second kappa shape index (κ2) is 9.18. The first-order chi connectivity index (χ1) is 18.6. The summed E-state index contributed by atoms with van der Waals surface area (Å²) in [5.74, 6) is 1.98. The molecule has 2 atom stereocenters. The second-order valence-electron chi connectivity index (χ2n) is 10.5. The van der Waals surface area contributed by atoms with Crippen molar-refractivity contribution in [3.05, 3.63) is 53.7 Å². The highest BCUT2D eigenvalue weighted by Gasteiger charge is 2.47. The van der Waals surface area contributed by atoms with Gasteiger partial charge in [-0.25, -0.2) is 15.0 Å². The maximum Gasteiger partial charge on any atom is 0.228 e. The average Bonchev–Trinajstić information content (AvgIpc) is 3.46. The van der Waals surface area contributed by atoms with Crippen LogP contribution < -0.4 is 20.3 Å². The first-order valence-electron chi connectivity index (χ1n) is 13.1. The summed E-state index contributed by atoms with van der Waals surface area (Å²) >= 11 is 1.40. The second-order valence-corrected chi connectivity index (χ2v) is 11.6. The maximum atomic E-state index is 12.4. The highest BCUT2D eigenvalue weighted by atomic mass is 32.2. The number of pyridine rings is 2. The van der Waals surface area contributed by atoms with Crippen molar-refractivity contribution in [3.8, 4) is 5.75 Å². The van der Waals surface area contributed by atoms with Gasteiger partial charge in [-0.15, -0.1) is 0 Å². The van der Waals surface area contributed by atoms with Crippen LogP contribution in [0.5, 0.6) is 5.75 Å². The number of anilines is 2. The Labute approximate surface area is 224 Å². The molecule has 2 saturated heterocycles. The molecule has 0 aromatic carbocycles. The molecule has 7 rings (SSSR count). The van der Waals surface area contributed by atoms with Crippen molar-refractivity contribution >= 4 is 29.3 Å². The van der Waals surface area contributed by atoms with E-state index in [1.807, 2.05) is 18.3 Å². The number of carbonyl (C=O) groups excluding carboxylic acids is 1. The summed E-state index contributed by atoms with van der Waals surface area (Å²) in [6.07, 6.45) is 9.37. The van der Waals surface area contributed by atoms with Gasteiger partial charge in [-0.1, -0.05) is 17.8 Å². The van der Waals surface area contributed by atoms with Crippen LogP contribution in [0.4, 0.5) is 11.6 Å². The molecule has 1 aliphatic carbocycles. The minimum absolute atomic E-state index is 0.00448. The zero-order valence-electron chi connectivity index (χ0n) is 20.9. The molecule has 0 radical (unpaired) electrons. The maximum absolute atomic E-state index is 12.4. The van der Waals surface area contributed by atoms with Crippen molar-refractivity contribution in [2.45, 2.75) is 60.7 Å². The van der Waals surface area contributed by atoms with Crippen LogP contribution >= 0.6 is 11.8 Å². The number of ether oxygens (including phenoxy) is 1. The van der Waals surface area contributed by atoms with E-state index in [1.54, 1.807) is 17.3 Å². The van der Waals surface area contributed by atoms with Crippen LogP contribution in [0.25, 0.3) is 0 Å². The molecule has 1 unspecified atom stereocenters. The highest BCUT2D eigenvalue weighted by molar-refractivity contribution is 7.99. The lowest BCUT2D eigenvalue weighted by Crippen LogP contribution is -2.45. The van der Waals surface area contributed by atoms with Crippen LogP contribution in [0.3, 0.4) is 0 Å². The average molecular weight is 532 g/mol. The monoisotopic (exact) mass is 531 g/mol. The molecule has 3 aromatic rings. The van der Waals surface area contributed by atoms with Crippen LogP contribution in [0.15, 0.2) is 46.7 Å². The van der Waals surface area contributed by atoms with E-state index in [0.717, 1.165) is 49.4 Å². The zero-order valence-corrected chi connectivity index (χ0v) is 21.7. The predicted molar refractivity (Wildman–Crippen MR) is 141 cm³/mol. The number of aliphatic hydroxyl groups is 1. The largest absolute Gasteiger partial charge is 0.486 e. The number of amides is 1. The quantitative estimate of drug-likeness (QED) is 0.518. The summed E-state index contributed by atoms with van der Waals surface area (Å²) < 4.78 is 6.04. The minimum Gasteiger partial charge on any atom is -0.486 e. The number of nitrogens with zero attached hydrogens (tertiary/aromatic N) is 6. The number of rotatable bonds is 4. The predicted octanol–water partition coefficient (Wildman–Crippen LogP) is 2.64. The Bertz CT molecular complexity index is 1410. The molecule has 1 amide bonds. The molecule has 6 heterocycles. The Morgan fingerprint density at radius 2 is 2.03 bits per heavy atom. The molecular weight excluding hydrogens is 502 g/mol. The molecule has 11 heteroatoms. The first kappa shape index (κ1) is 23.8. The fraction of sp³-hybridized carbons (Fsp3) is 0.444. The Morgan fingerprint density at radius 1 is 1.16 bits per heavy atom. The number of nitrogens with two attached hydrogens (primary N) is 1. The van der Waals surface area contributed by atoms with E-state index < -0.39 is 0 Å². The number of aliphatic hydroxyl groups excluding tert-OH is 1. The van der Waals surface area contributed by atoms with Gasteiger partial charge in [0, 0.05) is 43.6 Å². The molecule has 0 saturated carbocycles. The molecule has 2 fully saturated rings. The van der Waals surface area contributed by atoms with Gasteiger partial charge in [-0.05, 0) is 48.8 Å². The number of piperidine rings is 1. The van der Waals surface area contributed by atoms with Gasteiger partial charge in [0.2, 0.25) is 5.91 Å². The van der Waals surface area contributed by atoms with Crippen LogP contribution in [0, 0.1) is 5.41 Å². The third-order valence-corrected chi connectivity index (χ3v) is 9.43. The third kappa shape index (κ3) is 3.75. The molecule has 3 aromatic heterocycles. The number of fused-ring (bicyclic) bond motifs is 4. The molecule has 0 bridgehead atoms. The van der Waals surface area contributed by atoms with Crippen molar-refractivity contribution in [1.29, 1.82) is 0 Å². The lowest BCUT2D eigenvalue weighted by Gasteiger charge is -2.42. The van der Waals surface area contributed by atoms with Gasteiger partial charge in [-0.2, -0.15) is 0 Å². The zero-order chi connectivity index (χ0) is 25.9.